The van der Waals surface area contributed by atoms with Crippen LogP contribution in [-0.2, 0) is 17.4 Å². The van der Waals surface area contributed by atoms with E-state index in [9.17, 15) is 14.1 Å². The summed E-state index contributed by atoms with van der Waals surface area (Å²) < 4.78 is 22.4. The largest absolute Gasteiger partial charge is 0.491 e. The molecule has 2 aromatic carbocycles. The molecule has 6 nitrogen and oxygen atoms in total. The fourth-order valence-corrected chi connectivity index (χ4v) is 8.08. The number of hydrogen-bond donors (Lipinski definition) is 2. The molecule has 7 atom stereocenters. The Morgan fingerprint density at radius 3 is 2.58 bits per heavy atom. The van der Waals surface area contributed by atoms with Crippen molar-refractivity contribution in [1.82, 2.24) is 4.72 Å². The standard InChI is InChI=1S/C35H51ClN2O4S/c1-6-10-27-19-30(36)15-16-32(27)29-21-38-18-8-7-11-24(3)31(25(4)39)13-9-12-23(2)26(5)43(41)37-35(40)28-14-17-34(42-22-29)33(38)20-28/h14-17,19-20,23-26,29,31,39H,6-13,18,21-22H2,1-5H3,(H,37,40)/t23?,24?,25-,26?,29?,31?,43?/m1/s1. The highest BCUT2D eigenvalue weighted by molar-refractivity contribution is 7.84. The molecule has 8 heteroatoms. The highest BCUT2D eigenvalue weighted by Crippen LogP contribution is 2.37. The van der Waals surface area contributed by atoms with Crippen LogP contribution in [0.15, 0.2) is 36.4 Å². The monoisotopic (exact) mass is 630 g/mol. The molecule has 0 aromatic heterocycles. The maximum atomic E-state index is 13.3. The molecule has 2 N–H and O–H groups in total. The van der Waals surface area contributed by atoms with Crippen molar-refractivity contribution in [3.8, 4) is 5.75 Å². The summed E-state index contributed by atoms with van der Waals surface area (Å²) >= 11 is 6.39. The van der Waals surface area contributed by atoms with Gasteiger partial charge in [-0.2, -0.15) is 0 Å². The quantitative estimate of drug-likeness (QED) is 0.362. The lowest BCUT2D eigenvalue weighted by Gasteiger charge is -2.30. The van der Waals surface area contributed by atoms with Crippen LogP contribution in [0.2, 0.25) is 5.02 Å². The van der Waals surface area contributed by atoms with Gasteiger partial charge in [0.25, 0.3) is 5.91 Å². The summed E-state index contributed by atoms with van der Waals surface area (Å²) in [7, 11) is -1.51. The molecule has 6 unspecified atom stereocenters. The highest BCUT2D eigenvalue weighted by Gasteiger charge is 2.29. The number of carbonyl (C=O) groups is 1. The molecule has 43 heavy (non-hydrogen) atoms. The zero-order chi connectivity index (χ0) is 31.1. The Kier molecular flexibility index (Phi) is 12.4. The molecule has 0 spiro atoms. The molecule has 2 aromatic rings. The average molecular weight is 631 g/mol. The molecule has 0 radical (unpaired) electrons. The summed E-state index contributed by atoms with van der Waals surface area (Å²) in [4.78, 5) is 15.7. The Balaban J connectivity index is 1.66. The number of nitrogens with one attached hydrogen (secondary N) is 1. The van der Waals surface area contributed by atoms with Crippen molar-refractivity contribution in [2.45, 2.75) is 103 Å². The fraction of sp³-hybridized carbons (Fsp3) is 0.629. The Hall–Kier alpha value is -2.09. The summed E-state index contributed by atoms with van der Waals surface area (Å²) in [6.07, 6.45) is 7.61. The third kappa shape index (κ3) is 8.76. The van der Waals surface area contributed by atoms with Gasteiger partial charge in [0, 0.05) is 29.6 Å². The van der Waals surface area contributed by atoms with E-state index >= 15 is 0 Å². The molecule has 2 bridgehead atoms. The van der Waals surface area contributed by atoms with Crippen LogP contribution in [0.3, 0.4) is 0 Å². The first kappa shape index (κ1) is 33.8. The second-order valence-electron chi connectivity index (χ2n) is 12.9. The number of carbonyl (C=O) groups excluding carboxylic acids is 1. The molecule has 2 aliphatic heterocycles. The number of aryl methyl sites for hydroxylation is 1. The van der Waals surface area contributed by atoms with Crippen LogP contribution in [0.1, 0.15) is 107 Å². The van der Waals surface area contributed by atoms with Crippen LogP contribution in [0, 0.1) is 17.8 Å². The summed E-state index contributed by atoms with van der Waals surface area (Å²) in [6.45, 7) is 12.6. The Labute approximate surface area is 266 Å². The van der Waals surface area contributed by atoms with Gasteiger partial charge in [-0.15, -0.1) is 0 Å². The van der Waals surface area contributed by atoms with Crippen molar-refractivity contribution in [2.75, 3.05) is 24.6 Å². The van der Waals surface area contributed by atoms with Crippen LogP contribution < -0.4 is 14.4 Å². The van der Waals surface area contributed by atoms with Gasteiger partial charge < -0.3 is 14.7 Å². The van der Waals surface area contributed by atoms with Gasteiger partial charge >= 0.3 is 0 Å². The number of benzene rings is 2. The first-order valence-corrected chi connectivity index (χ1v) is 17.9. The van der Waals surface area contributed by atoms with Crippen molar-refractivity contribution in [2.24, 2.45) is 17.8 Å². The number of fused-ring (bicyclic) bond motifs is 1. The second-order valence-corrected chi connectivity index (χ2v) is 14.9. The normalized spacial score (nSPS) is 28.5. The Morgan fingerprint density at radius 1 is 1.07 bits per heavy atom. The molecule has 4 rings (SSSR count). The van der Waals surface area contributed by atoms with E-state index in [0.717, 1.165) is 80.9 Å². The molecular weight excluding hydrogens is 580 g/mol. The van der Waals surface area contributed by atoms with Gasteiger partial charge in [0.2, 0.25) is 0 Å². The molecule has 0 saturated heterocycles. The number of nitrogens with zero attached hydrogens (tertiary/aromatic N) is 1. The number of hydrogen-bond acceptors (Lipinski definition) is 5. The maximum Gasteiger partial charge on any atom is 0.263 e. The van der Waals surface area contributed by atoms with Crippen LogP contribution in [-0.4, -0.2) is 46.3 Å². The molecule has 0 aliphatic carbocycles. The van der Waals surface area contributed by atoms with Crippen LogP contribution in [0.4, 0.5) is 5.69 Å². The number of halogens is 1. The first-order valence-electron chi connectivity index (χ1n) is 16.3. The number of amides is 1. The SMILES string of the molecule is CCCc1cc(Cl)ccc1C1COc2ccc3cc2N(CCCCC(C)C([C@@H](C)O)CCCC(C)C(C)S(=O)NC3=O)C1. The number of rotatable bonds is 4. The Morgan fingerprint density at radius 2 is 1.84 bits per heavy atom. The van der Waals surface area contributed by atoms with E-state index < -0.39 is 11.0 Å². The van der Waals surface area contributed by atoms with E-state index in [4.69, 9.17) is 16.3 Å². The van der Waals surface area contributed by atoms with E-state index in [0.29, 0.717) is 18.1 Å². The number of aliphatic hydroxyl groups excluding tert-OH is 1. The predicted molar refractivity (Wildman–Crippen MR) is 179 cm³/mol. The van der Waals surface area contributed by atoms with Crippen molar-refractivity contribution in [1.29, 1.82) is 0 Å². The van der Waals surface area contributed by atoms with Gasteiger partial charge in [-0.3, -0.25) is 9.52 Å². The molecule has 0 fully saturated rings. The van der Waals surface area contributed by atoms with E-state index in [1.54, 1.807) is 6.07 Å². The highest BCUT2D eigenvalue weighted by atomic mass is 35.5. The summed E-state index contributed by atoms with van der Waals surface area (Å²) in [5.41, 5.74) is 3.93. The van der Waals surface area contributed by atoms with Gasteiger partial charge in [0.05, 0.1) is 23.6 Å². The first-order chi connectivity index (χ1) is 20.6. The van der Waals surface area contributed by atoms with Crippen molar-refractivity contribution >= 4 is 34.2 Å². The van der Waals surface area contributed by atoms with Gasteiger partial charge in [-0.05, 0) is 98.7 Å². The van der Waals surface area contributed by atoms with Crippen LogP contribution >= 0.6 is 11.6 Å². The van der Waals surface area contributed by atoms with E-state index in [1.165, 1.54) is 11.1 Å². The third-order valence-electron chi connectivity index (χ3n) is 9.72. The number of anilines is 1. The number of ether oxygens (including phenoxy) is 1. The topological polar surface area (TPSA) is 78.9 Å². The smallest absolute Gasteiger partial charge is 0.263 e. The summed E-state index contributed by atoms with van der Waals surface area (Å²) in [5, 5.41) is 11.2. The average Bonchev–Trinajstić information content (AvgIpc) is 3.15. The maximum absolute atomic E-state index is 13.3. The van der Waals surface area contributed by atoms with Crippen molar-refractivity contribution < 1.29 is 18.8 Å². The second kappa shape index (κ2) is 15.8. The number of aliphatic hydroxyl groups is 1. The minimum absolute atomic E-state index is 0.148. The molecule has 0 saturated carbocycles. The lowest BCUT2D eigenvalue weighted by atomic mass is 9.81. The van der Waals surface area contributed by atoms with Gasteiger partial charge in [-0.25, -0.2) is 4.21 Å². The minimum Gasteiger partial charge on any atom is -0.491 e. The summed E-state index contributed by atoms with van der Waals surface area (Å²) in [6, 6.07) is 11.8. The van der Waals surface area contributed by atoms with Crippen LogP contribution in [0.25, 0.3) is 0 Å². The molecule has 1 amide bonds. The molecule has 2 aliphatic rings. The Bertz CT molecular complexity index is 1250. The molecule has 2 heterocycles. The van der Waals surface area contributed by atoms with E-state index in [-0.39, 0.29) is 35.0 Å². The molecule has 238 valence electrons. The third-order valence-corrected chi connectivity index (χ3v) is 11.5. The van der Waals surface area contributed by atoms with Gasteiger partial charge in [0.1, 0.15) is 16.7 Å². The minimum atomic E-state index is -1.51. The summed E-state index contributed by atoms with van der Waals surface area (Å²) in [5.74, 6) is 1.44. The lowest BCUT2D eigenvalue weighted by molar-refractivity contribution is 0.0803. The van der Waals surface area contributed by atoms with E-state index in [2.05, 4.69) is 42.5 Å². The van der Waals surface area contributed by atoms with Crippen LogP contribution in [0.5, 0.6) is 5.75 Å². The predicted octanol–water partition coefficient (Wildman–Crippen LogP) is 7.68. The molecular formula is C35H51ClN2O4S. The van der Waals surface area contributed by atoms with Gasteiger partial charge in [-0.1, -0.05) is 64.1 Å². The van der Waals surface area contributed by atoms with Gasteiger partial charge in [0.15, 0.2) is 0 Å². The zero-order valence-corrected chi connectivity index (χ0v) is 28.2. The fourth-order valence-electron chi connectivity index (χ4n) is 6.84. The zero-order valence-electron chi connectivity index (χ0n) is 26.6. The van der Waals surface area contributed by atoms with Crippen molar-refractivity contribution in [3.05, 3.63) is 58.1 Å². The van der Waals surface area contributed by atoms with Crippen molar-refractivity contribution in [3.63, 3.8) is 0 Å². The van der Waals surface area contributed by atoms with E-state index in [1.807, 2.05) is 32.0 Å². The lowest BCUT2D eigenvalue weighted by Crippen LogP contribution is -2.35.